The first-order valence-corrected chi connectivity index (χ1v) is 8.21. The normalized spacial score (nSPS) is 10.5. The van der Waals surface area contributed by atoms with Gasteiger partial charge in [0.05, 0.1) is 10.9 Å². The quantitative estimate of drug-likeness (QED) is 0.533. The van der Waals surface area contributed by atoms with Crippen molar-refractivity contribution in [3.63, 3.8) is 0 Å². The molecule has 8 heteroatoms. The minimum atomic E-state index is -0.358. The lowest BCUT2D eigenvalue weighted by Gasteiger charge is -2.12. The van der Waals surface area contributed by atoms with Crippen LogP contribution in [0.3, 0.4) is 0 Å². The lowest BCUT2D eigenvalue weighted by atomic mass is 10.1. The van der Waals surface area contributed by atoms with Gasteiger partial charge in [0, 0.05) is 23.9 Å². The van der Waals surface area contributed by atoms with E-state index in [1.165, 1.54) is 0 Å². The zero-order chi connectivity index (χ0) is 18.8. The second kappa shape index (κ2) is 6.93. The molecule has 0 atom stereocenters. The van der Waals surface area contributed by atoms with E-state index in [-0.39, 0.29) is 22.1 Å². The van der Waals surface area contributed by atoms with Gasteiger partial charge in [-0.2, -0.15) is 0 Å². The molecule has 2 amide bonds. The molecule has 0 aliphatic heterocycles. The number of carbonyl (C=O) groups is 2. The molecule has 0 radical (unpaired) electrons. The lowest BCUT2D eigenvalue weighted by molar-refractivity contribution is 0.0960. The molecule has 0 saturated heterocycles. The fourth-order valence-corrected chi connectivity index (χ4v) is 2.86. The highest BCUT2D eigenvalue weighted by atomic mass is 32.1. The molecule has 7 nitrogen and oxygen atoms in total. The smallest absolute Gasteiger partial charge is 0.259 e. The third kappa shape index (κ3) is 3.27. The summed E-state index contributed by atoms with van der Waals surface area (Å²) in [6, 6.07) is 9.78. The number of rotatable bonds is 3. The number of H-pyrrole nitrogens is 2. The van der Waals surface area contributed by atoms with E-state index < -0.39 is 0 Å². The fourth-order valence-electron chi connectivity index (χ4n) is 2.66. The number of anilines is 1. The number of benzene rings is 2. The van der Waals surface area contributed by atoms with E-state index in [1.807, 2.05) is 0 Å². The van der Waals surface area contributed by atoms with Gasteiger partial charge in [-0.05, 0) is 55.0 Å². The van der Waals surface area contributed by atoms with Crippen molar-refractivity contribution in [1.82, 2.24) is 15.3 Å². The molecule has 0 fully saturated rings. The molecular formula is C18H16N4O3S. The third-order valence-electron chi connectivity index (χ3n) is 4.06. The molecule has 1 heterocycles. The SMILES string of the molecule is CNC(=O)c1cccc(NC(=O)c2ccc3c(=O)[nH]c(=S)[nH]c3c2)c1C. The standard InChI is InChI=1S/C18H16N4O3S/c1-9-11(16(24)19-2)4-3-5-13(9)20-15(23)10-6-7-12-14(8-10)21-18(26)22-17(12)25/h3-8H,1-2H3,(H,19,24)(H,20,23)(H2,21,22,25,26). The van der Waals surface area contributed by atoms with Gasteiger partial charge in [-0.15, -0.1) is 0 Å². The number of aromatic amines is 2. The summed E-state index contributed by atoms with van der Waals surface area (Å²) in [6.07, 6.45) is 0. The van der Waals surface area contributed by atoms with Crippen LogP contribution in [0.4, 0.5) is 5.69 Å². The highest BCUT2D eigenvalue weighted by Crippen LogP contribution is 2.20. The Hall–Kier alpha value is -3.26. The van der Waals surface area contributed by atoms with Gasteiger partial charge in [0.25, 0.3) is 17.4 Å². The zero-order valence-electron chi connectivity index (χ0n) is 14.1. The molecule has 2 aromatic carbocycles. The van der Waals surface area contributed by atoms with Gasteiger partial charge in [-0.25, -0.2) is 0 Å². The predicted molar refractivity (Wildman–Crippen MR) is 102 cm³/mol. The van der Waals surface area contributed by atoms with E-state index >= 15 is 0 Å². The van der Waals surface area contributed by atoms with Gasteiger partial charge < -0.3 is 15.6 Å². The molecule has 0 aliphatic rings. The maximum atomic E-state index is 12.6. The topological polar surface area (TPSA) is 107 Å². The maximum Gasteiger partial charge on any atom is 0.259 e. The number of hydrogen-bond donors (Lipinski definition) is 4. The molecule has 1 aromatic heterocycles. The molecule has 3 rings (SSSR count). The molecular weight excluding hydrogens is 352 g/mol. The molecule has 4 N–H and O–H groups in total. The number of nitrogens with one attached hydrogen (secondary N) is 4. The number of aromatic nitrogens is 2. The molecule has 3 aromatic rings. The maximum absolute atomic E-state index is 12.6. The van der Waals surface area contributed by atoms with Crippen molar-refractivity contribution in [2.24, 2.45) is 0 Å². The first kappa shape index (κ1) is 17.6. The lowest BCUT2D eigenvalue weighted by Crippen LogP contribution is -2.20. The zero-order valence-corrected chi connectivity index (χ0v) is 14.9. The van der Waals surface area contributed by atoms with Crippen LogP contribution in [0.15, 0.2) is 41.2 Å². The van der Waals surface area contributed by atoms with E-state index in [2.05, 4.69) is 20.6 Å². The number of hydrogen-bond acceptors (Lipinski definition) is 4. The highest BCUT2D eigenvalue weighted by molar-refractivity contribution is 7.71. The van der Waals surface area contributed by atoms with Gasteiger partial charge in [-0.1, -0.05) is 6.07 Å². The van der Waals surface area contributed by atoms with Crippen LogP contribution in [0.2, 0.25) is 0 Å². The van der Waals surface area contributed by atoms with Crippen molar-refractivity contribution >= 4 is 40.6 Å². The summed E-state index contributed by atoms with van der Waals surface area (Å²) in [5.74, 6) is -0.584. The van der Waals surface area contributed by atoms with Gasteiger partial charge >= 0.3 is 0 Å². The third-order valence-corrected chi connectivity index (χ3v) is 4.26. The molecule has 0 saturated carbocycles. The number of fused-ring (bicyclic) bond motifs is 1. The van der Waals surface area contributed by atoms with E-state index in [0.717, 1.165) is 0 Å². The monoisotopic (exact) mass is 368 g/mol. The molecule has 0 spiro atoms. The summed E-state index contributed by atoms with van der Waals surface area (Å²) in [7, 11) is 1.55. The van der Waals surface area contributed by atoms with E-state index in [0.29, 0.717) is 33.3 Å². The minimum absolute atomic E-state index is 0.189. The minimum Gasteiger partial charge on any atom is -0.355 e. The van der Waals surface area contributed by atoms with Gasteiger partial charge in [-0.3, -0.25) is 19.4 Å². The summed E-state index contributed by atoms with van der Waals surface area (Å²) < 4.78 is 0.189. The van der Waals surface area contributed by atoms with Crippen LogP contribution in [0.25, 0.3) is 10.9 Å². The Labute approximate surface area is 153 Å². The van der Waals surface area contributed by atoms with Gasteiger partial charge in [0.15, 0.2) is 4.77 Å². The number of carbonyl (C=O) groups excluding carboxylic acids is 2. The van der Waals surface area contributed by atoms with Crippen molar-refractivity contribution in [1.29, 1.82) is 0 Å². The van der Waals surface area contributed by atoms with Crippen LogP contribution in [0.1, 0.15) is 26.3 Å². The first-order chi connectivity index (χ1) is 12.4. The van der Waals surface area contributed by atoms with Crippen molar-refractivity contribution in [3.8, 4) is 0 Å². The van der Waals surface area contributed by atoms with E-state index in [4.69, 9.17) is 12.2 Å². The Morgan fingerprint density at radius 1 is 1.08 bits per heavy atom. The van der Waals surface area contributed by atoms with Crippen LogP contribution in [-0.2, 0) is 0 Å². The summed E-state index contributed by atoms with van der Waals surface area (Å²) in [6.45, 7) is 1.76. The average Bonchev–Trinajstić information content (AvgIpc) is 2.62. The Balaban J connectivity index is 1.96. The Bertz CT molecular complexity index is 1150. The van der Waals surface area contributed by atoms with Crippen molar-refractivity contribution in [2.75, 3.05) is 12.4 Å². The van der Waals surface area contributed by atoms with Crippen LogP contribution in [-0.4, -0.2) is 28.8 Å². The van der Waals surface area contributed by atoms with Gasteiger partial charge in [0.2, 0.25) is 0 Å². The molecule has 26 heavy (non-hydrogen) atoms. The van der Waals surface area contributed by atoms with Crippen LogP contribution < -0.4 is 16.2 Å². The molecule has 132 valence electrons. The van der Waals surface area contributed by atoms with Crippen molar-refractivity contribution in [3.05, 3.63) is 68.2 Å². The van der Waals surface area contributed by atoms with E-state index in [9.17, 15) is 14.4 Å². The number of amides is 2. The van der Waals surface area contributed by atoms with Crippen LogP contribution >= 0.6 is 12.2 Å². The van der Waals surface area contributed by atoms with Crippen molar-refractivity contribution in [2.45, 2.75) is 6.92 Å². The Morgan fingerprint density at radius 2 is 1.85 bits per heavy atom. The van der Waals surface area contributed by atoms with Gasteiger partial charge in [0.1, 0.15) is 0 Å². The fraction of sp³-hybridized carbons (Fsp3) is 0.111. The Morgan fingerprint density at radius 3 is 2.58 bits per heavy atom. The predicted octanol–water partition coefficient (Wildman–Crippen LogP) is 2.51. The second-order valence-electron chi connectivity index (χ2n) is 5.68. The Kier molecular flexibility index (Phi) is 4.68. The summed E-state index contributed by atoms with van der Waals surface area (Å²) >= 11 is 4.96. The summed E-state index contributed by atoms with van der Waals surface area (Å²) in [5, 5.41) is 5.77. The summed E-state index contributed by atoms with van der Waals surface area (Å²) in [5.41, 5.74) is 2.21. The van der Waals surface area contributed by atoms with Crippen LogP contribution in [0.5, 0.6) is 0 Å². The first-order valence-electron chi connectivity index (χ1n) is 7.80. The molecule has 0 unspecified atom stereocenters. The molecule has 0 aliphatic carbocycles. The largest absolute Gasteiger partial charge is 0.355 e. The average molecular weight is 368 g/mol. The summed E-state index contributed by atoms with van der Waals surface area (Å²) in [4.78, 5) is 41.7. The van der Waals surface area contributed by atoms with Crippen LogP contribution in [0, 0.1) is 11.7 Å². The highest BCUT2D eigenvalue weighted by Gasteiger charge is 2.13. The van der Waals surface area contributed by atoms with Crippen molar-refractivity contribution < 1.29 is 9.59 Å². The molecule has 0 bridgehead atoms. The van der Waals surface area contributed by atoms with E-state index in [1.54, 1.807) is 50.4 Å². The second-order valence-corrected chi connectivity index (χ2v) is 6.09.